The van der Waals surface area contributed by atoms with Gasteiger partial charge < -0.3 is 4.90 Å². The van der Waals surface area contributed by atoms with Gasteiger partial charge in [0.15, 0.2) is 0 Å². The number of benzene rings is 1. The van der Waals surface area contributed by atoms with Gasteiger partial charge in [-0.05, 0) is 55.0 Å². The first-order valence-electron chi connectivity index (χ1n) is 7.86. The highest BCUT2D eigenvalue weighted by Crippen LogP contribution is 2.17. The summed E-state index contributed by atoms with van der Waals surface area (Å²) < 4.78 is 4.07. The fourth-order valence-corrected chi connectivity index (χ4v) is 3.12. The summed E-state index contributed by atoms with van der Waals surface area (Å²) in [5.74, 6) is 0. The van der Waals surface area contributed by atoms with E-state index < -0.39 is 0 Å². The molecule has 0 fully saturated rings. The fourth-order valence-electron chi connectivity index (χ4n) is 2.56. The van der Waals surface area contributed by atoms with E-state index in [0.29, 0.717) is 31.9 Å². The largest absolute Gasteiger partial charge is 0.362 e. The normalized spacial score (nSPS) is 10.8. The lowest BCUT2D eigenvalue weighted by atomic mass is 10.2. The Morgan fingerprint density at radius 1 is 1.09 bits per heavy atom. The van der Waals surface area contributed by atoms with E-state index in [1.54, 1.807) is 10.8 Å². The Labute approximate surface area is 149 Å². The molecule has 0 unspecified atom stereocenters. The second kappa shape index (κ2) is 7.81. The number of halogens is 1. The Kier molecular flexibility index (Phi) is 6.04. The molecule has 0 N–H and O–H groups in total. The second-order valence-corrected chi connectivity index (χ2v) is 6.40. The van der Waals surface area contributed by atoms with Gasteiger partial charge in [-0.15, -0.1) is 0 Å². The van der Waals surface area contributed by atoms with Gasteiger partial charge in [0, 0.05) is 35.9 Å². The van der Waals surface area contributed by atoms with Crippen LogP contribution in [0.4, 0.5) is 5.69 Å². The van der Waals surface area contributed by atoms with Crippen LogP contribution in [-0.2, 0) is 19.6 Å². The molecule has 0 amide bonds. The van der Waals surface area contributed by atoms with Crippen LogP contribution in [0, 0.1) is 3.57 Å². The first kappa shape index (κ1) is 17.8. The average Bonchev–Trinajstić information content (AvgIpc) is 2.55. The van der Waals surface area contributed by atoms with Crippen molar-refractivity contribution in [3.63, 3.8) is 0 Å². The molecule has 0 aliphatic rings. The second-order valence-electron chi connectivity index (χ2n) is 5.24. The van der Waals surface area contributed by atoms with Crippen molar-refractivity contribution in [2.75, 3.05) is 11.4 Å². The van der Waals surface area contributed by atoms with Gasteiger partial charge in [-0.25, -0.2) is 4.79 Å². The SMILES string of the molecule is CCN(Cc1ccccc1I)c1cn(CC)c(=O)n(CC)c1=O. The number of rotatable bonds is 6. The Morgan fingerprint density at radius 3 is 2.35 bits per heavy atom. The quantitative estimate of drug-likeness (QED) is 0.667. The average molecular weight is 427 g/mol. The van der Waals surface area contributed by atoms with Gasteiger partial charge in [-0.1, -0.05) is 18.2 Å². The van der Waals surface area contributed by atoms with Crippen LogP contribution in [0.15, 0.2) is 40.1 Å². The summed E-state index contributed by atoms with van der Waals surface area (Å²) in [6.07, 6.45) is 1.69. The number of nitrogens with zero attached hydrogens (tertiary/aromatic N) is 3. The van der Waals surface area contributed by atoms with Crippen molar-refractivity contribution >= 4 is 28.3 Å². The molecule has 23 heavy (non-hydrogen) atoms. The molecule has 1 aromatic carbocycles. The summed E-state index contributed by atoms with van der Waals surface area (Å²) in [5, 5.41) is 0. The molecule has 124 valence electrons. The molecule has 0 saturated carbocycles. The van der Waals surface area contributed by atoms with Crippen molar-refractivity contribution < 1.29 is 0 Å². The highest BCUT2D eigenvalue weighted by atomic mass is 127. The zero-order valence-electron chi connectivity index (χ0n) is 13.8. The van der Waals surface area contributed by atoms with E-state index in [0.717, 1.165) is 0 Å². The van der Waals surface area contributed by atoms with Gasteiger partial charge in [0.25, 0.3) is 5.56 Å². The Hall–Kier alpha value is -1.57. The van der Waals surface area contributed by atoms with E-state index in [4.69, 9.17) is 0 Å². The molecule has 0 bridgehead atoms. The molecule has 0 aliphatic carbocycles. The number of aromatic nitrogens is 2. The summed E-state index contributed by atoms with van der Waals surface area (Å²) in [6, 6.07) is 8.13. The van der Waals surface area contributed by atoms with Gasteiger partial charge in [0.2, 0.25) is 0 Å². The van der Waals surface area contributed by atoms with Crippen molar-refractivity contribution in [1.29, 1.82) is 0 Å². The standard InChI is InChI=1S/C17H22IN3O2/c1-4-19(11-13-9-7-8-10-14(13)18)15-12-20(5-2)17(23)21(6-3)16(15)22/h7-10,12H,4-6,11H2,1-3H3. The Bertz CT molecular complexity index is 795. The van der Waals surface area contributed by atoms with E-state index in [2.05, 4.69) is 34.7 Å². The van der Waals surface area contributed by atoms with Crippen LogP contribution < -0.4 is 16.1 Å². The third kappa shape index (κ3) is 3.68. The zero-order valence-corrected chi connectivity index (χ0v) is 15.9. The van der Waals surface area contributed by atoms with E-state index in [1.807, 2.05) is 37.8 Å². The zero-order chi connectivity index (χ0) is 17.0. The monoisotopic (exact) mass is 427 g/mol. The molecule has 1 heterocycles. The van der Waals surface area contributed by atoms with Crippen LogP contribution in [-0.4, -0.2) is 15.7 Å². The molecule has 0 saturated heterocycles. The van der Waals surface area contributed by atoms with E-state index in [1.165, 1.54) is 13.7 Å². The molecule has 5 nitrogen and oxygen atoms in total. The van der Waals surface area contributed by atoms with Crippen molar-refractivity contribution in [3.05, 3.63) is 60.4 Å². The minimum atomic E-state index is -0.242. The highest BCUT2D eigenvalue weighted by Gasteiger charge is 2.16. The molecule has 0 radical (unpaired) electrons. The molecule has 6 heteroatoms. The first-order valence-corrected chi connectivity index (χ1v) is 8.93. The van der Waals surface area contributed by atoms with Crippen LogP contribution in [0.25, 0.3) is 0 Å². The minimum Gasteiger partial charge on any atom is -0.362 e. The molecular formula is C17H22IN3O2. The maximum absolute atomic E-state index is 12.7. The maximum atomic E-state index is 12.7. The van der Waals surface area contributed by atoms with E-state index in [9.17, 15) is 9.59 Å². The lowest BCUT2D eigenvalue weighted by molar-refractivity contribution is 0.582. The third-order valence-corrected chi connectivity index (χ3v) is 4.97. The van der Waals surface area contributed by atoms with Crippen molar-refractivity contribution in [1.82, 2.24) is 9.13 Å². The van der Waals surface area contributed by atoms with Crippen molar-refractivity contribution in [2.45, 2.75) is 40.4 Å². The lowest BCUT2D eigenvalue weighted by Crippen LogP contribution is -2.42. The van der Waals surface area contributed by atoms with Gasteiger partial charge in [0.1, 0.15) is 5.69 Å². The molecule has 2 rings (SSSR count). The van der Waals surface area contributed by atoms with E-state index >= 15 is 0 Å². The van der Waals surface area contributed by atoms with Crippen LogP contribution in [0.2, 0.25) is 0 Å². The van der Waals surface area contributed by atoms with Crippen LogP contribution in [0.1, 0.15) is 26.3 Å². The number of hydrogen-bond acceptors (Lipinski definition) is 3. The first-order chi connectivity index (χ1) is 11.0. The smallest absolute Gasteiger partial charge is 0.331 e. The van der Waals surface area contributed by atoms with Crippen molar-refractivity contribution in [2.24, 2.45) is 0 Å². The summed E-state index contributed by atoms with van der Waals surface area (Å²) in [5.41, 5.74) is 1.30. The van der Waals surface area contributed by atoms with Crippen LogP contribution in [0.5, 0.6) is 0 Å². The predicted molar refractivity (Wildman–Crippen MR) is 102 cm³/mol. The van der Waals surface area contributed by atoms with Gasteiger partial charge in [-0.2, -0.15) is 0 Å². The maximum Gasteiger partial charge on any atom is 0.331 e. The number of aryl methyl sites for hydroxylation is 1. The van der Waals surface area contributed by atoms with Crippen LogP contribution in [0.3, 0.4) is 0 Å². The predicted octanol–water partition coefficient (Wildman–Crippen LogP) is 2.68. The fraction of sp³-hybridized carbons (Fsp3) is 0.412. The van der Waals surface area contributed by atoms with Gasteiger partial charge in [0.05, 0.1) is 0 Å². The minimum absolute atomic E-state index is 0.213. The van der Waals surface area contributed by atoms with E-state index in [-0.39, 0.29) is 11.2 Å². The molecule has 0 atom stereocenters. The highest BCUT2D eigenvalue weighted by molar-refractivity contribution is 14.1. The van der Waals surface area contributed by atoms with Crippen molar-refractivity contribution in [3.8, 4) is 0 Å². The molecule has 2 aromatic rings. The van der Waals surface area contributed by atoms with Gasteiger partial charge in [-0.3, -0.25) is 13.9 Å². The number of anilines is 1. The molecular weight excluding hydrogens is 405 g/mol. The summed E-state index contributed by atoms with van der Waals surface area (Å²) in [7, 11) is 0. The summed E-state index contributed by atoms with van der Waals surface area (Å²) in [6.45, 7) is 8.03. The molecule has 0 aliphatic heterocycles. The summed E-state index contributed by atoms with van der Waals surface area (Å²) >= 11 is 2.31. The Morgan fingerprint density at radius 2 is 1.78 bits per heavy atom. The third-order valence-electron chi connectivity index (χ3n) is 3.92. The van der Waals surface area contributed by atoms with Crippen LogP contribution >= 0.6 is 22.6 Å². The number of hydrogen-bond donors (Lipinski definition) is 0. The summed E-state index contributed by atoms with van der Waals surface area (Å²) in [4.78, 5) is 26.9. The Balaban J connectivity index is 2.52. The molecule has 0 spiro atoms. The molecule has 1 aromatic heterocycles. The topological polar surface area (TPSA) is 47.2 Å². The van der Waals surface area contributed by atoms with Gasteiger partial charge >= 0.3 is 5.69 Å². The lowest BCUT2D eigenvalue weighted by Gasteiger charge is -2.24.